The van der Waals surface area contributed by atoms with Crippen LogP contribution in [0.1, 0.15) is 33.1 Å². The topological polar surface area (TPSA) is 55.4 Å². The highest BCUT2D eigenvalue weighted by Gasteiger charge is 2.06. The SMILES string of the molecule is CCCCC(=O)NC(=O)OCC. The van der Waals surface area contributed by atoms with Crippen LogP contribution in [0, 0.1) is 0 Å². The molecule has 0 spiro atoms. The van der Waals surface area contributed by atoms with Crippen molar-refractivity contribution in [3.05, 3.63) is 0 Å². The molecule has 0 aliphatic rings. The second-order valence-corrected chi connectivity index (χ2v) is 2.37. The molecular formula is C8H15NO3. The van der Waals surface area contributed by atoms with Crippen molar-refractivity contribution in [1.29, 1.82) is 0 Å². The molecular weight excluding hydrogens is 158 g/mol. The molecule has 2 amide bonds. The maximum absolute atomic E-state index is 10.9. The van der Waals surface area contributed by atoms with E-state index in [4.69, 9.17) is 0 Å². The number of hydrogen-bond donors (Lipinski definition) is 1. The van der Waals surface area contributed by atoms with Crippen molar-refractivity contribution in [1.82, 2.24) is 5.32 Å². The van der Waals surface area contributed by atoms with Crippen molar-refractivity contribution in [2.24, 2.45) is 0 Å². The van der Waals surface area contributed by atoms with Crippen LogP contribution in [0.2, 0.25) is 0 Å². The zero-order valence-corrected chi connectivity index (χ0v) is 7.55. The average Bonchev–Trinajstić information content (AvgIpc) is 2.01. The number of hydrogen-bond acceptors (Lipinski definition) is 3. The van der Waals surface area contributed by atoms with E-state index in [0.29, 0.717) is 6.42 Å². The molecule has 0 fully saturated rings. The van der Waals surface area contributed by atoms with Crippen molar-refractivity contribution < 1.29 is 14.3 Å². The van der Waals surface area contributed by atoms with E-state index in [1.54, 1.807) is 6.92 Å². The van der Waals surface area contributed by atoms with Gasteiger partial charge in [-0.2, -0.15) is 0 Å². The Morgan fingerprint density at radius 1 is 1.33 bits per heavy atom. The number of carbonyl (C=O) groups is 2. The standard InChI is InChI=1S/C8H15NO3/c1-3-5-6-7(10)9-8(11)12-4-2/h3-6H2,1-2H3,(H,9,10,11). The van der Waals surface area contributed by atoms with Gasteiger partial charge in [0.2, 0.25) is 5.91 Å². The van der Waals surface area contributed by atoms with Gasteiger partial charge >= 0.3 is 6.09 Å². The fourth-order valence-electron chi connectivity index (χ4n) is 0.681. The number of amides is 2. The maximum Gasteiger partial charge on any atom is 0.413 e. The van der Waals surface area contributed by atoms with Gasteiger partial charge in [0.25, 0.3) is 0 Å². The molecule has 0 heterocycles. The first-order chi connectivity index (χ1) is 5.70. The Hall–Kier alpha value is -1.06. The summed E-state index contributed by atoms with van der Waals surface area (Å²) in [6.45, 7) is 3.96. The quantitative estimate of drug-likeness (QED) is 0.700. The van der Waals surface area contributed by atoms with E-state index in [9.17, 15) is 9.59 Å². The van der Waals surface area contributed by atoms with Crippen LogP contribution in [-0.2, 0) is 9.53 Å². The third-order valence-corrected chi connectivity index (χ3v) is 1.27. The third kappa shape index (κ3) is 5.70. The first kappa shape index (κ1) is 10.9. The molecule has 0 aromatic rings. The van der Waals surface area contributed by atoms with Crippen molar-refractivity contribution >= 4 is 12.0 Å². The predicted octanol–water partition coefficient (Wildman–Crippen LogP) is 1.45. The van der Waals surface area contributed by atoms with Crippen LogP contribution >= 0.6 is 0 Å². The summed E-state index contributed by atoms with van der Waals surface area (Å²) in [5, 5.41) is 2.12. The molecule has 0 aromatic heterocycles. The van der Waals surface area contributed by atoms with Crippen LogP contribution in [0.4, 0.5) is 4.79 Å². The second kappa shape index (κ2) is 6.64. The van der Waals surface area contributed by atoms with E-state index in [2.05, 4.69) is 10.1 Å². The Bertz CT molecular complexity index is 156. The van der Waals surface area contributed by atoms with Crippen LogP contribution in [0.5, 0.6) is 0 Å². The Labute approximate surface area is 72.3 Å². The lowest BCUT2D eigenvalue weighted by molar-refractivity contribution is -0.120. The number of rotatable bonds is 4. The monoisotopic (exact) mass is 173 g/mol. The molecule has 0 saturated heterocycles. The predicted molar refractivity (Wildman–Crippen MR) is 44.7 cm³/mol. The number of imide groups is 1. The maximum atomic E-state index is 10.9. The summed E-state index contributed by atoms with van der Waals surface area (Å²) in [6.07, 6.45) is 1.47. The van der Waals surface area contributed by atoms with Gasteiger partial charge in [0, 0.05) is 6.42 Å². The minimum Gasteiger partial charge on any atom is -0.450 e. The summed E-state index contributed by atoms with van der Waals surface area (Å²) in [5.74, 6) is -0.268. The van der Waals surface area contributed by atoms with E-state index in [0.717, 1.165) is 12.8 Å². The van der Waals surface area contributed by atoms with Gasteiger partial charge in [-0.15, -0.1) is 0 Å². The van der Waals surface area contributed by atoms with Crippen LogP contribution in [0.3, 0.4) is 0 Å². The molecule has 0 unspecified atom stereocenters. The highest BCUT2D eigenvalue weighted by atomic mass is 16.5. The minimum atomic E-state index is -0.654. The van der Waals surface area contributed by atoms with Crippen LogP contribution < -0.4 is 5.32 Å². The van der Waals surface area contributed by atoms with Crippen molar-refractivity contribution in [3.63, 3.8) is 0 Å². The van der Waals surface area contributed by atoms with E-state index >= 15 is 0 Å². The smallest absolute Gasteiger partial charge is 0.413 e. The van der Waals surface area contributed by atoms with Gasteiger partial charge in [0.15, 0.2) is 0 Å². The van der Waals surface area contributed by atoms with Gasteiger partial charge in [-0.1, -0.05) is 13.3 Å². The Morgan fingerprint density at radius 3 is 2.50 bits per heavy atom. The van der Waals surface area contributed by atoms with Crippen LogP contribution in [0.25, 0.3) is 0 Å². The number of unbranched alkanes of at least 4 members (excludes halogenated alkanes) is 1. The van der Waals surface area contributed by atoms with E-state index in [1.807, 2.05) is 6.92 Å². The fourth-order valence-corrected chi connectivity index (χ4v) is 0.681. The summed E-state index contributed by atoms with van der Waals surface area (Å²) in [6, 6.07) is 0. The molecule has 0 aliphatic carbocycles. The summed E-state index contributed by atoms with van der Waals surface area (Å²) in [7, 11) is 0. The lowest BCUT2D eigenvalue weighted by Gasteiger charge is -2.02. The molecule has 1 N–H and O–H groups in total. The van der Waals surface area contributed by atoms with E-state index < -0.39 is 6.09 Å². The van der Waals surface area contributed by atoms with Gasteiger partial charge in [-0.25, -0.2) is 4.79 Å². The van der Waals surface area contributed by atoms with Crippen LogP contribution in [0.15, 0.2) is 0 Å². The fraction of sp³-hybridized carbons (Fsp3) is 0.750. The normalized spacial score (nSPS) is 9.17. The molecule has 0 aromatic carbocycles. The summed E-state index contributed by atoms with van der Waals surface area (Å²) >= 11 is 0. The lowest BCUT2D eigenvalue weighted by Crippen LogP contribution is -2.30. The molecule has 12 heavy (non-hydrogen) atoms. The van der Waals surface area contributed by atoms with Gasteiger partial charge in [0.05, 0.1) is 6.61 Å². The van der Waals surface area contributed by atoms with E-state index in [-0.39, 0.29) is 12.5 Å². The number of ether oxygens (including phenoxy) is 1. The van der Waals surface area contributed by atoms with Gasteiger partial charge < -0.3 is 4.74 Å². The molecule has 0 bridgehead atoms. The molecule has 0 atom stereocenters. The number of alkyl carbamates (subject to hydrolysis) is 1. The second-order valence-electron chi connectivity index (χ2n) is 2.37. The van der Waals surface area contributed by atoms with Crippen molar-refractivity contribution in [3.8, 4) is 0 Å². The Morgan fingerprint density at radius 2 is 2.00 bits per heavy atom. The molecule has 0 saturated carbocycles. The molecule has 0 aliphatic heterocycles. The first-order valence-electron chi connectivity index (χ1n) is 4.17. The molecule has 4 nitrogen and oxygen atoms in total. The lowest BCUT2D eigenvalue weighted by atomic mass is 10.2. The number of nitrogens with one attached hydrogen (secondary N) is 1. The molecule has 0 radical (unpaired) electrons. The zero-order chi connectivity index (χ0) is 9.40. The Balaban J connectivity index is 3.47. The average molecular weight is 173 g/mol. The van der Waals surface area contributed by atoms with Crippen molar-refractivity contribution in [2.75, 3.05) is 6.61 Å². The Kier molecular flexibility index (Phi) is 6.05. The highest BCUT2D eigenvalue weighted by Crippen LogP contribution is 1.93. The van der Waals surface area contributed by atoms with Gasteiger partial charge in [0.1, 0.15) is 0 Å². The molecule has 70 valence electrons. The van der Waals surface area contributed by atoms with Gasteiger partial charge in [-0.3, -0.25) is 10.1 Å². The first-order valence-corrected chi connectivity index (χ1v) is 4.17. The molecule has 4 heteroatoms. The highest BCUT2D eigenvalue weighted by molar-refractivity contribution is 5.91. The van der Waals surface area contributed by atoms with Gasteiger partial charge in [-0.05, 0) is 13.3 Å². The molecule has 0 rings (SSSR count). The third-order valence-electron chi connectivity index (χ3n) is 1.27. The summed E-state index contributed by atoms with van der Waals surface area (Å²) in [4.78, 5) is 21.5. The number of carbonyl (C=O) groups excluding carboxylic acids is 2. The zero-order valence-electron chi connectivity index (χ0n) is 7.55. The van der Waals surface area contributed by atoms with Crippen molar-refractivity contribution in [2.45, 2.75) is 33.1 Å². The minimum absolute atomic E-state index is 0.268. The summed E-state index contributed by atoms with van der Waals surface area (Å²) < 4.78 is 4.52. The summed E-state index contributed by atoms with van der Waals surface area (Å²) in [5.41, 5.74) is 0. The van der Waals surface area contributed by atoms with Crippen LogP contribution in [-0.4, -0.2) is 18.6 Å². The largest absolute Gasteiger partial charge is 0.450 e. The van der Waals surface area contributed by atoms with E-state index in [1.165, 1.54) is 0 Å².